The topological polar surface area (TPSA) is 130 Å². The lowest BCUT2D eigenvalue weighted by atomic mass is 10.1. The van der Waals surface area contributed by atoms with Crippen molar-refractivity contribution in [2.75, 3.05) is 5.32 Å². The fourth-order valence-corrected chi connectivity index (χ4v) is 2.58. The number of nitro benzene ring substituents is 1. The van der Waals surface area contributed by atoms with Crippen LogP contribution in [-0.4, -0.2) is 27.0 Å². The Labute approximate surface area is 119 Å². The molecule has 8 nitrogen and oxygen atoms in total. The molecular weight excluding hydrogens is 280 g/mol. The number of phenolic OH excluding ortho intramolecular Hbond substituents is 1. The summed E-state index contributed by atoms with van der Waals surface area (Å²) in [5.74, 6) is -3.51. The van der Waals surface area contributed by atoms with E-state index in [1.54, 1.807) is 13.8 Å². The zero-order valence-electron chi connectivity index (χ0n) is 11.4. The molecule has 1 fully saturated rings. The van der Waals surface area contributed by atoms with Crippen LogP contribution in [0.25, 0.3) is 0 Å². The van der Waals surface area contributed by atoms with Crippen molar-refractivity contribution in [1.82, 2.24) is 0 Å². The van der Waals surface area contributed by atoms with Crippen molar-refractivity contribution in [1.29, 1.82) is 0 Å². The summed E-state index contributed by atoms with van der Waals surface area (Å²) in [6.07, 6.45) is 0. The second-order valence-electron chi connectivity index (χ2n) is 5.56. The Kier molecular flexibility index (Phi) is 3.32. The summed E-state index contributed by atoms with van der Waals surface area (Å²) in [4.78, 5) is 33.3. The summed E-state index contributed by atoms with van der Waals surface area (Å²) in [5.41, 5.74) is -1.22. The highest BCUT2D eigenvalue weighted by Gasteiger charge is 2.66. The van der Waals surface area contributed by atoms with E-state index in [0.29, 0.717) is 0 Å². The van der Waals surface area contributed by atoms with E-state index >= 15 is 0 Å². The molecule has 0 unspecified atom stereocenters. The third-order valence-corrected chi connectivity index (χ3v) is 3.81. The van der Waals surface area contributed by atoms with E-state index in [1.165, 1.54) is 12.1 Å². The summed E-state index contributed by atoms with van der Waals surface area (Å²) in [7, 11) is 0. The summed E-state index contributed by atoms with van der Waals surface area (Å²) in [6, 6.07) is 3.33. The molecule has 21 heavy (non-hydrogen) atoms. The van der Waals surface area contributed by atoms with Gasteiger partial charge in [0.05, 0.1) is 22.8 Å². The largest absolute Gasteiger partial charge is 0.508 e. The van der Waals surface area contributed by atoms with Gasteiger partial charge in [0, 0.05) is 0 Å². The summed E-state index contributed by atoms with van der Waals surface area (Å²) < 4.78 is 0. The number of carbonyl (C=O) groups excluding carboxylic acids is 1. The van der Waals surface area contributed by atoms with Crippen molar-refractivity contribution >= 4 is 23.3 Å². The molecule has 1 amide bonds. The minimum atomic E-state index is -1.07. The van der Waals surface area contributed by atoms with Crippen molar-refractivity contribution in [3.63, 3.8) is 0 Å². The number of phenols is 1. The molecule has 112 valence electrons. The smallest absolute Gasteiger partial charge is 0.307 e. The number of amides is 1. The first-order valence-electron chi connectivity index (χ1n) is 6.17. The second-order valence-corrected chi connectivity index (χ2v) is 5.56. The molecule has 1 aromatic rings. The van der Waals surface area contributed by atoms with Crippen molar-refractivity contribution < 1.29 is 24.7 Å². The quantitative estimate of drug-likeness (QED) is 0.439. The maximum atomic E-state index is 12.1. The lowest BCUT2D eigenvalue weighted by Gasteiger charge is -2.07. The second kappa shape index (κ2) is 4.72. The third-order valence-electron chi connectivity index (χ3n) is 3.81. The first-order chi connectivity index (χ1) is 9.66. The summed E-state index contributed by atoms with van der Waals surface area (Å²) in [5, 5.41) is 31.5. The standard InChI is InChI=1S/C13H14N2O6/c1-13(2)9(10(13)12(18)19)11(17)14-7-4-3-6(16)5-8(7)15(20)21/h3-5,9-10,16H,1-2H3,(H,14,17)(H,18,19)/t9-,10+/m1/s1. The maximum Gasteiger partial charge on any atom is 0.307 e. The number of nitrogens with one attached hydrogen (secondary N) is 1. The number of carboxylic acid groups (broad SMARTS) is 1. The SMILES string of the molecule is CC1(C)[C@H](C(=O)O)[C@@H]1C(=O)Nc1ccc(O)cc1[N+](=O)[O-]. The first kappa shape index (κ1) is 14.8. The normalized spacial score (nSPS) is 22.4. The fourth-order valence-electron chi connectivity index (χ4n) is 2.58. The van der Waals surface area contributed by atoms with E-state index in [2.05, 4.69) is 5.32 Å². The van der Waals surface area contributed by atoms with Crippen LogP contribution in [0.3, 0.4) is 0 Å². The molecule has 8 heteroatoms. The van der Waals surface area contributed by atoms with Gasteiger partial charge in [0.15, 0.2) is 0 Å². The number of hydrogen-bond acceptors (Lipinski definition) is 5. The summed E-state index contributed by atoms with van der Waals surface area (Å²) >= 11 is 0. The Balaban J connectivity index is 2.22. The molecule has 1 aromatic carbocycles. The van der Waals surface area contributed by atoms with Gasteiger partial charge in [-0.2, -0.15) is 0 Å². The molecule has 2 atom stereocenters. The van der Waals surface area contributed by atoms with Gasteiger partial charge in [-0.05, 0) is 17.5 Å². The highest BCUT2D eigenvalue weighted by atomic mass is 16.6. The van der Waals surface area contributed by atoms with Crippen molar-refractivity contribution in [3.05, 3.63) is 28.3 Å². The van der Waals surface area contributed by atoms with Gasteiger partial charge in [-0.15, -0.1) is 0 Å². The molecule has 0 saturated heterocycles. The molecule has 0 aliphatic heterocycles. The van der Waals surface area contributed by atoms with Crippen LogP contribution in [0.5, 0.6) is 5.75 Å². The van der Waals surface area contributed by atoms with E-state index in [4.69, 9.17) is 5.11 Å². The van der Waals surface area contributed by atoms with Gasteiger partial charge in [-0.3, -0.25) is 19.7 Å². The van der Waals surface area contributed by atoms with Gasteiger partial charge in [0.1, 0.15) is 11.4 Å². The van der Waals surface area contributed by atoms with Gasteiger partial charge >= 0.3 is 5.97 Å². The van der Waals surface area contributed by atoms with Gasteiger partial charge in [0.25, 0.3) is 5.69 Å². The minimum Gasteiger partial charge on any atom is -0.508 e. The average Bonchev–Trinajstić information content (AvgIpc) is 2.94. The van der Waals surface area contributed by atoms with Gasteiger partial charge < -0.3 is 15.5 Å². The Bertz CT molecular complexity index is 640. The molecule has 2 rings (SSSR count). The highest BCUT2D eigenvalue weighted by molar-refractivity contribution is 6.01. The van der Waals surface area contributed by atoms with Crippen LogP contribution < -0.4 is 5.32 Å². The fraction of sp³-hybridized carbons (Fsp3) is 0.385. The van der Waals surface area contributed by atoms with Crippen LogP contribution >= 0.6 is 0 Å². The number of carboxylic acids is 1. The van der Waals surface area contributed by atoms with E-state index in [1.807, 2.05) is 0 Å². The minimum absolute atomic E-state index is 0.0744. The van der Waals surface area contributed by atoms with Crippen LogP contribution in [0.4, 0.5) is 11.4 Å². The van der Waals surface area contributed by atoms with Gasteiger partial charge in [0.2, 0.25) is 5.91 Å². The number of hydrogen-bond donors (Lipinski definition) is 3. The van der Waals surface area contributed by atoms with Crippen LogP contribution in [0.1, 0.15) is 13.8 Å². The number of nitro groups is 1. The zero-order chi connectivity index (χ0) is 15.9. The van der Waals surface area contributed by atoms with Crippen LogP contribution in [0, 0.1) is 27.4 Å². The Morgan fingerprint density at radius 1 is 1.33 bits per heavy atom. The molecule has 1 saturated carbocycles. The number of anilines is 1. The zero-order valence-corrected chi connectivity index (χ0v) is 11.4. The monoisotopic (exact) mass is 294 g/mol. The number of benzene rings is 1. The molecule has 3 N–H and O–H groups in total. The first-order valence-corrected chi connectivity index (χ1v) is 6.17. The van der Waals surface area contributed by atoms with Crippen LogP contribution in [0.15, 0.2) is 18.2 Å². The molecule has 0 bridgehead atoms. The van der Waals surface area contributed by atoms with Crippen molar-refractivity contribution in [3.8, 4) is 5.75 Å². The summed E-state index contributed by atoms with van der Waals surface area (Å²) in [6.45, 7) is 3.31. The van der Waals surface area contributed by atoms with Crippen LogP contribution in [0.2, 0.25) is 0 Å². The number of nitrogens with zero attached hydrogens (tertiary/aromatic N) is 1. The molecule has 1 aliphatic carbocycles. The Morgan fingerprint density at radius 2 is 1.95 bits per heavy atom. The molecule has 0 radical (unpaired) electrons. The van der Waals surface area contributed by atoms with Gasteiger partial charge in [-0.1, -0.05) is 13.8 Å². The maximum absolute atomic E-state index is 12.1. The third kappa shape index (κ3) is 2.51. The molecule has 1 aliphatic rings. The van der Waals surface area contributed by atoms with E-state index in [0.717, 1.165) is 6.07 Å². The lowest BCUT2D eigenvalue weighted by Crippen LogP contribution is -2.18. The van der Waals surface area contributed by atoms with Crippen LogP contribution in [-0.2, 0) is 9.59 Å². The van der Waals surface area contributed by atoms with Gasteiger partial charge in [-0.25, -0.2) is 0 Å². The molecule has 0 spiro atoms. The average molecular weight is 294 g/mol. The number of carbonyl (C=O) groups is 2. The Hall–Kier alpha value is -2.64. The van der Waals surface area contributed by atoms with E-state index in [9.17, 15) is 24.8 Å². The lowest BCUT2D eigenvalue weighted by molar-refractivity contribution is -0.384. The number of aliphatic carboxylic acids is 1. The van der Waals surface area contributed by atoms with E-state index < -0.39 is 39.7 Å². The highest BCUT2D eigenvalue weighted by Crippen LogP contribution is 2.58. The van der Waals surface area contributed by atoms with E-state index in [-0.39, 0.29) is 11.4 Å². The number of aromatic hydroxyl groups is 1. The number of rotatable bonds is 4. The predicted octanol–water partition coefficient (Wildman–Crippen LogP) is 1.60. The van der Waals surface area contributed by atoms with Crippen molar-refractivity contribution in [2.45, 2.75) is 13.8 Å². The molecule has 0 aromatic heterocycles. The molecule has 0 heterocycles. The predicted molar refractivity (Wildman–Crippen MR) is 71.8 cm³/mol. The Morgan fingerprint density at radius 3 is 2.43 bits per heavy atom. The van der Waals surface area contributed by atoms with Crippen molar-refractivity contribution in [2.24, 2.45) is 17.3 Å². The molecular formula is C13H14N2O6.